The highest BCUT2D eigenvalue weighted by Crippen LogP contribution is 2.75. The predicted octanol–water partition coefficient (Wildman–Crippen LogP) is 7.05. The van der Waals surface area contributed by atoms with Crippen molar-refractivity contribution in [1.82, 2.24) is 14.8 Å². The SMILES string of the molecule is O=C(CCCCCC12CC(Cn3nc4ccccc4c3Cl)(C1)C2)N1N=CCC1c1cc(F)cc(F)c1. The number of amides is 1. The number of fused-ring (bicyclic) bond motifs is 1. The van der Waals surface area contributed by atoms with Gasteiger partial charge >= 0.3 is 0 Å². The number of hydrazone groups is 1. The maximum absolute atomic E-state index is 13.6. The number of benzene rings is 2. The van der Waals surface area contributed by atoms with Crippen molar-refractivity contribution in [3.63, 3.8) is 0 Å². The average molecular weight is 511 g/mol. The largest absolute Gasteiger partial charge is 0.273 e. The molecule has 1 aromatic heterocycles. The van der Waals surface area contributed by atoms with Crippen LogP contribution < -0.4 is 0 Å². The lowest BCUT2D eigenvalue weighted by Gasteiger charge is -2.71. The number of halogens is 3. The zero-order valence-corrected chi connectivity index (χ0v) is 20.9. The van der Waals surface area contributed by atoms with Gasteiger partial charge in [0.2, 0.25) is 5.91 Å². The van der Waals surface area contributed by atoms with Crippen LogP contribution in [0.5, 0.6) is 0 Å². The van der Waals surface area contributed by atoms with Crippen LogP contribution in [-0.2, 0) is 11.3 Å². The lowest BCUT2D eigenvalue weighted by Crippen LogP contribution is -2.63. The Bertz CT molecular complexity index is 1310. The van der Waals surface area contributed by atoms with Crippen molar-refractivity contribution in [2.24, 2.45) is 15.9 Å². The van der Waals surface area contributed by atoms with Gasteiger partial charge in [-0.15, -0.1) is 0 Å². The minimum absolute atomic E-state index is 0.0913. The number of aromatic nitrogens is 2. The third-order valence-corrected chi connectivity index (χ3v) is 8.67. The van der Waals surface area contributed by atoms with E-state index in [1.807, 2.05) is 28.9 Å². The molecule has 2 heterocycles. The molecular formula is C28H29ClF2N4O. The van der Waals surface area contributed by atoms with Crippen LogP contribution in [-0.4, -0.2) is 26.9 Å². The first-order chi connectivity index (χ1) is 17.4. The van der Waals surface area contributed by atoms with Gasteiger partial charge in [-0.2, -0.15) is 10.2 Å². The number of nitrogens with zero attached hydrogens (tertiary/aromatic N) is 4. The maximum Gasteiger partial charge on any atom is 0.243 e. The number of hydrogen-bond donors (Lipinski definition) is 0. The summed E-state index contributed by atoms with van der Waals surface area (Å²) in [5.74, 6) is -1.37. The molecule has 4 aliphatic rings. The van der Waals surface area contributed by atoms with Crippen LogP contribution in [0.15, 0.2) is 47.6 Å². The summed E-state index contributed by atoms with van der Waals surface area (Å²) in [4.78, 5) is 12.7. The van der Waals surface area contributed by atoms with Crippen molar-refractivity contribution in [2.75, 3.05) is 0 Å². The van der Waals surface area contributed by atoms with E-state index >= 15 is 0 Å². The molecule has 36 heavy (non-hydrogen) atoms. The Balaban J connectivity index is 0.936. The highest BCUT2D eigenvalue weighted by Gasteiger charge is 2.66. The molecule has 3 aromatic rings. The molecule has 8 heteroatoms. The van der Waals surface area contributed by atoms with E-state index in [1.165, 1.54) is 42.8 Å². The zero-order chi connectivity index (χ0) is 24.9. The summed E-state index contributed by atoms with van der Waals surface area (Å²) in [7, 11) is 0. The Kier molecular flexibility index (Phi) is 5.86. The van der Waals surface area contributed by atoms with E-state index in [0.717, 1.165) is 47.9 Å². The van der Waals surface area contributed by atoms with Crippen molar-refractivity contribution < 1.29 is 13.6 Å². The normalized spacial score (nSPS) is 26.3. The Morgan fingerprint density at radius 1 is 1.03 bits per heavy atom. The van der Waals surface area contributed by atoms with E-state index in [9.17, 15) is 13.6 Å². The van der Waals surface area contributed by atoms with Crippen LogP contribution in [0, 0.1) is 22.5 Å². The van der Waals surface area contributed by atoms with E-state index in [4.69, 9.17) is 16.7 Å². The monoisotopic (exact) mass is 510 g/mol. The Morgan fingerprint density at radius 3 is 2.53 bits per heavy atom. The highest BCUT2D eigenvalue weighted by atomic mass is 35.5. The molecule has 2 bridgehead atoms. The molecule has 1 unspecified atom stereocenters. The molecule has 0 N–H and O–H groups in total. The number of carbonyl (C=O) groups is 1. The van der Waals surface area contributed by atoms with Gasteiger partial charge in [0.25, 0.3) is 0 Å². The van der Waals surface area contributed by atoms with Crippen LogP contribution in [0.2, 0.25) is 5.15 Å². The van der Waals surface area contributed by atoms with Crippen molar-refractivity contribution in [3.05, 3.63) is 64.8 Å². The van der Waals surface area contributed by atoms with Gasteiger partial charge in [-0.05, 0) is 72.8 Å². The first kappa shape index (κ1) is 23.6. The molecule has 5 nitrogen and oxygen atoms in total. The number of unbranched alkanes of at least 4 members (excludes halogenated alkanes) is 2. The molecule has 0 spiro atoms. The minimum Gasteiger partial charge on any atom is -0.273 e. The molecule has 7 rings (SSSR count). The van der Waals surface area contributed by atoms with Gasteiger partial charge < -0.3 is 0 Å². The third kappa shape index (κ3) is 4.21. The average Bonchev–Trinajstić information content (AvgIpc) is 3.41. The van der Waals surface area contributed by atoms with Gasteiger partial charge in [0.1, 0.15) is 16.8 Å². The molecule has 0 radical (unpaired) electrons. The van der Waals surface area contributed by atoms with Crippen LogP contribution in [0.3, 0.4) is 0 Å². The van der Waals surface area contributed by atoms with Gasteiger partial charge in [-0.3, -0.25) is 9.48 Å². The predicted molar refractivity (Wildman–Crippen MR) is 136 cm³/mol. The fourth-order valence-corrected chi connectivity index (χ4v) is 7.16. The number of rotatable bonds is 9. The van der Waals surface area contributed by atoms with E-state index in [-0.39, 0.29) is 5.91 Å². The minimum atomic E-state index is -0.638. The fourth-order valence-electron chi connectivity index (χ4n) is 6.90. The van der Waals surface area contributed by atoms with Gasteiger partial charge in [-0.1, -0.05) is 36.6 Å². The van der Waals surface area contributed by atoms with Crippen LogP contribution in [0.4, 0.5) is 8.78 Å². The quantitative estimate of drug-likeness (QED) is 0.290. The second kappa shape index (κ2) is 8.94. The molecule has 0 saturated heterocycles. The molecule has 2 aromatic carbocycles. The summed E-state index contributed by atoms with van der Waals surface area (Å²) in [5, 5.41) is 12.0. The molecule has 1 amide bonds. The summed E-state index contributed by atoms with van der Waals surface area (Å²) in [6.45, 7) is 0.892. The van der Waals surface area contributed by atoms with E-state index in [2.05, 4.69) is 5.10 Å². The lowest BCUT2D eigenvalue weighted by atomic mass is 9.34. The van der Waals surface area contributed by atoms with Gasteiger partial charge in [0, 0.05) is 37.1 Å². The molecule has 188 valence electrons. The first-order valence-electron chi connectivity index (χ1n) is 12.8. The molecule has 3 fully saturated rings. The summed E-state index contributed by atoms with van der Waals surface area (Å²) in [6, 6.07) is 11.0. The Morgan fingerprint density at radius 2 is 1.78 bits per heavy atom. The Labute approximate surface area is 214 Å². The molecule has 1 aliphatic heterocycles. The topological polar surface area (TPSA) is 50.5 Å². The first-order valence-corrected chi connectivity index (χ1v) is 13.1. The number of hydrogen-bond acceptors (Lipinski definition) is 3. The smallest absolute Gasteiger partial charge is 0.243 e. The summed E-state index contributed by atoms with van der Waals surface area (Å²) in [5.41, 5.74) is 2.21. The van der Waals surface area contributed by atoms with Gasteiger partial charge in [0.05, 0.1) is 11.6 Å². The van der Waals surface area contributed by atoms with Crippen LogP contribution in [0.25, 0.3) is 10.9 Å². The maximum atomic E-state index is 13.6. The van der Waals surface area contributed by atoms with Gasteiger partial charge in [0.15, 0.2) is 0 Å². The summed E-state index contributed by atoms with van der Waals surface area (Å²) in [6.07, 6.45) is 10.3. The van der Waals surface area contributed by atoms with Crippen molar-refractivity contribution >= 4 is 34.6 Å². The van der Waals surface area contributed by atoms with E-state index < -0.39 is 17.7 Å². The molecule has 3 aliphatic carbocycles. The third-order valence-electron chi connectivity index (χ3n) is 8.27. The van der Waals surface area contributed by atoms with Crippen LogP contribution in [0.1, 0.15) is 69.4 Å². The Hall–Kier alpha value is -2.80. The number of carbonyl (C=O) groups excluding carboxylic acids is 1. The van der Waals surface area contributed by atoms with Crippen molar-refractivity contribution in [1.29, 1.82) is 0 Å². The van der Waals surface area contributed by atoms with Crippen molar-refractivity contribution in [2.45, 2.75) is 70.4 Å². The van der Waals surface area contributed by atoms with E-state index in [1.54, 1.807) is 6.21 Å². The summed E-state index contributed by atoms with van der Waals surface area (Å²) < 4.78 is 29.2. The second-order valence-electron chi connectivity index (χ2n) is 11.0. The summed E-state index contributed by atoms with van der Waals surface area (Å²) >= 11 is 6.57. The van der Waals surface area contributed by atoms with Crippen molar-refractivity contribution in [3.8, 4) is 0 Å². The molecular weight excluding hydrogens is 482 g/mol. The highest BCUT2D eigenvalue weighted by molar-refractivity contribution is 6.34. The zero-order valence-electron chi connectivity index (χ0n) is 20.1. The van der Waals surface area contributed by atoms with Crippen LogP contribution >= 0.6 is 11.6 Å². The second-order valence-corrected chi connectivity index (χ2v) is 11.4. The standard InChI is InChI=1S/C28H29ClF2N4O/c29-26-22-6-3-4-7-23(22)33-34(26)18-28-15-27(16-28,17-28)10-5-1-2-8-25(36)35-24(9-11-32-35)19-12-20(30)14-21(31)13-19/h3-4,6-7,11-14,24H,1-2,5,8-10,15-18H2. The molecule has 3 saturated carbocycles. The molecule has 1 atom stereocenters. The van der Waals surface area contributed by atoms with E-state index in [0.29, 0.717) is 29.2 Å². The van der Waals surface area contributed by atoms with Gasteiger partial charge in [-0.25, -0.2) is 13.8 Å². The fraction of sp³-hybridized carbons (Fsp3) is 0.464. The lowest BCUT2D eigenvalue weighted by molar-refractivity contribution is -0.217.